The number of esters is 1. The summed E-state index contributed by atoms with van der Waals surface area (Å²) in [6.45, 7) is 4.25. The van der Waals surface area contributed by atoms with Crippen LogP contribution in [0.2, 0.25) is 6.55 Å². The molecule has 0 aromatic rings. The predicted molar refractivity (Wildman–Crippen MR) is 55.5 cm³/mol. The average molecular weight is 216 g/mol. The maximum Gasteiger partial charge on any atom is 0.331 e. The highest BCUT2D eigenvalue weighted by Crippen LogP contribution is 1.90. The van der Waals surface area contributed by atoms with Gasteiger partial charge in [-0.25, -0.2) is 9.59 Å². The number of unbranched alkanes of at least 4 members (excludes halogenated alkanes) is 1. The maximum atomic E-state index is 10.9. The Kier molecular flexibility index (Phi) is 7.82. The lowest BCUT2D eigenvalue weighted by molar-refractivity contribution is -0.138. The molecule has 5 heteroatoms. The number of hydrogen-bond acceptors (Lipinski definition) is 4. The molecule has 80 valence electrons. The van der Waals surface area contributed by atoms with Gasteiger partial charge in [0, 0.05) is 12.2 Å². The van der Waals surface area contributed by atoms with E-state index in [2.05, 4.69) is 0 Å². The van der Waals surface area contributed by atoms with Crippen LogP contribution in [0.4, 0.5) is 0 Å². The summed E-state index contributed by atoms with van der Waals surface area (Å²) in [5.41, 5.74) is 0. The van der Waals surface area contributed by atoms with Crippen molar-refractivity contribution in [1.29, 1.82) is 0 Å². The Balaban J connectivity index is 3.64. The van der Waals surface area contributed by atoms with Crippen molar-refractivity contribution in [3.63, 3.8) is 0 Å². The minimum absolute atomic E-state index is 0.400. The van der Waals surface area contributed by atoms with Crippen LogP contribution in [-0.4, -0.2) is 28.3 Å². The topological polar surface area (TPSA) is 52.6 Å². The van der Waals surface area contributed by atoms with Gasteiger partial charge in [-0.2, -0.15) is 0 Å². The zero-order valence-electron chi connectivity index (χ0n) is 8.62. The molecule has 4 nitrogen and oxygen atoms in total. The molecule has 0 aliphatic carbocycles. The molecular weight excluding hydrogens is 200 g/mol. The summed E-state index contributed by atoms with van der Waals surface area (Å²) in [4.78, 5) is 21.7. The molecule has 0 rings (SSSR count). The summed E-state index contributed by atoms with van der Waals surface area (Å²) in [5.74, 6) is -0.959. The molecule has 0 heterocycles. The van der Waals surface area contributed by atoms with E-state index >= 15 is 0 Å². The Morgan fingerprint density at radius 3 is 2.50 bits per heavy atom. The molecule has 0 unspecified atom stereocenters. The quantitative estimate of drug-likeness (QED) is 0.282. The summed E-state index contributed by atoms with van der Waals surface area (Å²) < 4.78 is 9.51. The minimum Gasteiger partial charge on any atom is -0.522 e. The molecule has 0 atom stereocenters. The molecule has 0 spiro atoms. The van der Waals surface area contributed by atoms with Gasteiger partial charge >= 0.3 is 11.9 Å². The summed E-state index contributed by atoms with van der Waals surface area (Å²) in [5, 5.41) is 0. The third-order valence-corrected chi connectivity index (χ3v) is 1.96. The van der Waals surface area contributed by atoms with Crippen molar-refractivity contribution >= 4 is 21.7 Å². The lowest BCUT2D eigenvalue weighted by Gasteiger charge is -1.99. The Bertz CT molecular complexity index is 213. The Morgan fingerprint density at radius 1 is 1.29 bits per heavy atom. The third-order valence-electron chi connectivity index (χ3n) is 1.38. The molecule has 0 saturated heterocycles. The van der Waals surface area contributed by atoms with Crippen LogP contribution in [0.1, 0.15) is 19.8 Å². The van der Waals surface area contributed by atoms with Gasteiger partial charge in [-0.05, 0) is 13.0 Å². The first kappa shape index (κ1) is 12.9. The van der Waals surface area contributed by atoms with Crippen LogP contribution in [-0.2, 0) is 18.8 Å². The molecule has 0 amide bonds. The fraction of sp³-hybridized carbons (Fsp3) is 0.556. The van der Waals surface area contributed by atoms with Crippen LogP contribution in [0.5, 0.6) is 0 Å². The summed E-state index contributed by atoms with van der Waals surface area (Å²) >= 11 is 0. The van der Waals surface area contributed by atoms with Gasteiger partial charge in [0.1, 0.15) is 0 Å². The molecule has 0 fully saturated rings. The van der Waals surface area contributed by atoms with Crippen molar-refractivity contribution in [2.45, 2.75) is 26.3 Å². The van der Waals surface area contributed by atoms with Gasteiger partial charge in [-0.3, -0.25) is 0 Å². The van der Waals surface area contributed by atoms with Crippen molar-refractivity contribution in [3.05, 3.63) is 12.2 Å². The number of carbonyl (C=O) groups excluding carboxylic acids is 2. The number of carbonyl (C=O) groups is 2. The maximum absolute atomic E-state index is 10.9. The molecule has 0 aliphatic rings. The first-order chi connectivity index (χ1) is 6.70. The second-order valence-corrected chi connectivity index (χ2v) is 3.47. The summed E-state index contributed by atoms with van der Waals surface area (Å²) in [6.07, 6.45) is 4.01. The highest BCUT2D eigenvalue weighted by Gasteiger charge is 1.98. The number of ether oxygens (including phenoxy) is 1. The minimum atomic E-state index is -0.751. The van der Waals surface area contributed by atoms with E-state index in [0.29, 0.717) is 6.61 Å². The van der Waals surface area contributed by atoms with Gasteiger partial charge < -0.3 is 9.16 Å². The lowest BCUT2D eigenvalue weighted by atomic mass is 10.4. The van der Waals surface area contributed by atoms with E-state index in [9.17, 15) is 9.59 Å². The van der Waals surface area contributed by atoms with Gasteiger partial charge in [0.25, 0.3) is 0 Å². The van der Waals surface area contributed by atoms with Crippen molar-refractivity contribution in [2.24, 2.45) is 0 Å². The van der Waals surface area contributed by atoms with Crippen molar-refractivity contribution in [2.75, 3.05) is 6.61 Å². The molecule has 0 N–H and O–H groups in total. The molecule has 14 heavy (non-hydrogen) atoms. The zero-order chi connectivity index (χ0) is 10.8. The Hall–Kier alpha value is -1.10. The molecule has 0 bridgehead atoms. The fourth-order valence-electron chi connectivity index (χ4n) is 0.692. The van der Waals surface area contributed by atoms with Crippen LogP contribution in [0, 0.1) is 0 Å². The van der Waals surface area contributed by atoms with Gasteiger partial charge in [0.15, 0.2) is 0 Å². The SMILES string of the molecule is CCCCOC(=O)/C=C\C(=O)O[SiH2]C. The standard InChI is InChI=1S/C9H16O4Si/c1-3-4-7-12-8(10)5-6-9(11)13-14-2/h5-6H,3-4,7,14H2,1-2H3/b6-5-. The van der Waals surface area contributed by atoms with E-state index in [1.807, 2.05) is 13.5 Å². The van der Waals surface area contributed by atoms with Crippen LogP contribution in [0.3, 0.4) is 0 Å². The molecular formula is C9H16O4Si. The number of rotatable bonds is 6. The van der Waals surface area contributed by atoms with Gasteiger partial charge in [0.2, 0.25) is 9.76 Å². The second kappa shape index (κ2) is 8.49. The zero-order valence-corrected chi connectivity index (χ0v) is 10.0. The monoisotopic (exact) mass is 216 g/mol. The van der Waals surface area contributed by atoms with Crippen molar-refractivity contribution < 1.29 is 18.8 Å². The number of hydrogen-bond donors (Lipinski definition) is 0. The van der Waals surface area contributed by atoms with E-state index in [4.69, 9.17) is 9.16 Å². The van der Waals surface area contributed by atoms with E-state index in [0.717, 1.165) is 25.0 Å². The highest BCUT2D eigenvalue weighted by molar-refractivity contribution is 6.29. The van der Waals surface area contributed by atoms with Gasteiger partial charge in [-0.15, -0.1) is 0 Å². The molecule has 0 radical (unpaired) electrons. The molecule has 0 saturated carbocycles. The third kappa shape index (κ3) is 7.54. The molecule has 0 aromatic heterocycles. The summed E-state index contributed by atoms with van der Waals surface area (Å²) in [6, 6.07) is 0. The van der Waals surface area contributed by atoms with Gasteiger partial charge in [0.05, 0.1) is 6.61 Å². The first-order valence-corrected chi connectivity index (χ1v) is 6.71. The van der Waals surface area contributed by atoms with Crippen LogP contribution >= 0.6 is 0 Å². The largest absolute Gasteiger partial charge is 0.522 e. The van der Waals surface area contributed by atoms with Gasteiger partial charge in [-0.1, -0.05) is 13.3 Å². The molecule has 0 aliphatic heterocycles. The van der Waals surface area contributed by atoms with E-state index in [1.54, 1.807) is 0 Å². The van der Waals surface area contributed by atoms with E-state index < -0.39 is 21.7 Å². The van der Waals surface area contributed by atoms with Crippen LogP contribution in [0.15, 0.2) is 12.2 Å². The van der Waals surface area contributed by atoms with Crippen LogP contribution in [0.25, 0.3) is 0 Å². The molecule has 0 aromatic carbocycles. The first-order valence-electron chi connectivity index (χ1n) is 4.72. The lowest BCUT2D eigenvalue weighted by Crippen LogP contribution is -2.05. The smallest absolute Gasteiger partial charge is 0.331 e. The van der Waals surface area contributed by atoms with Crippen molar-refractivity contribution in [3.8, 4) is 0 Å². The van der Waals surface area contributed by atoms with Crippen molar-refractivity contribution in [1.82, 2.24) is 0 Å². The highest BCUT2D eigenvalue weighted by atomic mass is 28.2. The van der Waals surface area contributed by atoms with E-state index in [1.165, 1.54) is 0 Å². The summed E-state index contributed by atoms with van der Waals surface area (Å²) in [7, 11) is -0.751. The predicted octanol–water partition coefficient (Wildman–Crippen LogP) is 0.561. The fourth-order valence-corrected chi connectivity index (χ4v) is 1.07. The van der Waals surface area contributed by atoms with Crippen LogP contribution < -0.4 is 0 Å². The average Bonchev–Trinajstić information content (AvgIpc) is 2.16. The van der Waals surface area contributed by atoms with E-state index in [-0.39, 0.29) is 0 Å². The normalized spacial score (nSPS) is 11.0. The second-order valence-electron chi connectivity index (χ2n) is 2.61. The Morgan fingerprint density at radius 2 is 1.93 bits per heavy atom. The Labute approximate surface area is 86.2 Å².